The number of rotatable bonds is 3. The molecular weight excluding hydrogens is 234 g/mol. The van der Waals surface area contributed by atoms with E-state index in [0.717, 1.165) is 25.3 Å². The fraction of sp³-hybridized carbons (Fsp3) is 0.375. The number of likely N-dealkylation sites (tertiary alicyclic amines) is 1. The summed E-state index contributed by atoms with van der Waals surface area (Å²) in [7, 11) is 0. The van der Waals surface area contributed by atoms with Gasteiger partial charge < -0.3 is 0 Å². The van der Waals surface area contributed by atoms with Crippen LogP contribution in [-0.2, 0) is 6.54 Å². The smallest absolute Gasteiger partial charge is 0.0662 e. The van der Waals surface area contributed by atoms with Gasteiger partial charge >= 0.3 is 0 Å². The van der Waals surface area contributed by atoms with Crippen LogP contribution in [-0.4, -0.2) is 28.2 Å². The lowest BCUT2D eigenvalue weighted by Gasteiger charge is -2.31. The minimum Gasteiger partial charge on any atom is -0.299 e. The average molecular weight is 253 g/mol. The summed E-state index contributed by atoms with van der Waals surface area (Å²) in [6, 6.07) is 14.8. The molecule has 1 aliphatic heterocycles. The maximum atomic E-state index is 4.24. The average Bonchev–Trinajstić information content (AvgIpc) is 2.50. The quantitative estimate of drug-likeness (QED) is 0.842. The van der Waals surface area contributed by atoms with E-state index in [0.29, 0.717) is 5.92 Å². The minimum atomic E-state index is 0.584. The molecule has 3 nitrogen and oxygen atoms in total. The SMILES string of the molecule is c1ccc(CN2CCC(c3cccnn3)CC2)cc1. The van der Waals surface area contributed by atoms with Crippen molar-refractivity contribution in [2.75, 3.05) is 13.1 Å². The van der Waals surface area contributed by atoms with Crippen LogP contribution in [0.5, 0.6) is 0 Å². The van der Waals surface area contributed by atoms with E-state index in [9.17, 15) is 0 Å². The molecule has 0 unspecified atom stereocenters. The van der Waals surface area contributed by atoms with Gasteiger partial charge in [0.25, 0.3) is 0 Å². The number of benzene rings is 1. The predicted octanol–water partition coefficient (Wildman–Crippen LogP) is 2.86. The first kappa shape index (κ1) is 12.3. The highest BCUT2D eigenvalue weighted by atomic mass is 15.1. The Morgan fingerprint density at radius 3 is 2.47 bits per heavy atom. The minimum absolute atomic E-state index is 0.584. The number of hydrogen-bond acceptors (Lipinski definition) is 3. The summed E-state index contributed by atoms with van der Waals surface area (Å²) >= 11 is 0. The molecule has 1 aromatic carbocycles. The Hall–Kier alpha value is -1.74. The molecular formula is C16H19N3. The lowest BCUT2D eigenvalue weighted by atomic mass is 9.93. The Kier molecular flexibility index (Phi) is 3.84. The standard InChI is InChI=1S/C16H19N3/c1-2-5-14(6-3-1)13-19-11-8-15(9-12-19)16-7-4-10-17-18-16/h1-7,10,15H,8-9,11-13H2. The van der Waals surface area contributed by atoms with Crippen molar-refractivity contribution in [2.24, 2.45) is 0 Å². The summed E-state index contributed by atoms with van der Waals surface area (Å²) in [4.78, 5) is 2.53. The summed E-state index contributed by atoms with van der Waals surface area (Å²) in [5, 5.41) is 8.23. The fourth-order valence-corrected chi connectivity index (χ4v) is 2.76. The highest BCUT2D eigenvalue weighted by molar-refractivity contribution is 5.15. The van der Waals surface area contributed by atoms with E-state index in [-0.39, 0.29) is 0 Å². The summed E-state index contributed by atoms with van der Waals surface area (Å²) in [6.07, 6.45) is 4.12. The molecule has 2 aromatic rings. The molecule has 19 heavy (non-hydrogen) atoms. The van der Waals surface area contributed by atoms with Gasteiger partial charge in [-0.3, -0.25) is 4.90 Å². The topological polar surface area (TPSA) is 29.0 Å². The lowest BCUT2D eigenvalue weighted by molar-refractivity contribution is 0.203. The van der Waals surface area contributed by atoms with Crippen LogP contribution < -0.4 is 0 Å². The third-order valence-corrected chi connectivity index (χ3v) is 3.85. The summed E-state index contributed by atoms with van der Waals surface area (Å²) < 4.78 is 0. The first-order valence-electron chi connectivity index (χ1n) is 6.96. The second kappa shape index (κ2) is 5.93. The zero-order valence-corrected chi connectivity index (χ0v) is 11.1. The largest absolute Gasteiger partial charge is 0.299 e. The molecule has 98 valence electrons. The van der Waals surface area contributed by atoms with E-state index in [4.69, 9.17) is 0 Å². The molecule has 1 aliphatic rings. The second-order valence-electron chi connectivity index (χ2n) is 5.18. The first-order valence-corrected chi connectivity index (χ1v) is 6.96. The molecule has 0 saturated carbocycles. The van der Waals surface area contributed by atoms with Crippen molar-refractivity contribution < 1.29 is 0 Å². The maximum Gasteiger partial charge on any atom is 0.0662 e. The van der Waals surface area contributed by atoms with Crippen molar-refractivity contribution in [3.63, 3.8) is 0 Å². The number of aromatic nitrogens is 2. The second-order valence-corrected chi connectivity index (χ2v) is 5.18. The zero-order valence-electron chi connectivity index (χ0n) is 11.1. The first-order chi connectivity index (χ1) is 9.42. The van der Waals surface area contributed by atoms with E-state index in [1.165, 1.54) is 18.4 Å². The van der Waals surface area contributed by atoms with Gasteiger partial charge in [-0.25, -0.2) is 0 Å². The van der Waals surface area contributed by atoms with E-state index < -0.39 is 0 Å². The molecule has 2 heterocycles. The molecule has 0 bridgehead atoms. The van der Waals surface area contributed by atoms with Crippen LogP contribution >= 0.6 is 0 Å². The molecule has 0 amide bonds. The van der Waals surface area contributed by atoms with E-state index >= 15 is 0 Å². The normalized spacial score (nSPS) is 17.5. The Labute approximate surface area is 114 Å². The van der Waals surface area contributed by atoms with Crippen LogP contribution in [0.25, 0.3) is 0 Å². The van der Waals surface area contributed by atoms with Gasteiger partial charge in [0.1, 0.15) is 0 Å². The highest BCUT2D eigenvalue weighted by Crippen LogP contribution is 2.26. The van der Waals surface area contributed by atoms with Crippen molar-refractivity contribution >= 4 is 0 Å². The number of nitrogens with zero attached hydrogens (tertiary/aromatic N) is 3. The lowest BCUT2D eigenvalue weighted by Crippen LogP contribution is -2.32. The molecule has 3 heteroatoms. The number of piperidine rings is 1. The Balaban J connectivity index is 1.55. The van der Waals surface area contributed by atoms with Crippen LogP contribution in [0, 0.1) is 0 Å². The molecule has 1 fully saturated rings. The van der Waals surface area contributed by atoms with Gasteiger partial charge in [-0.1, -0.05) is 30.3 Å². The van der Waals surface area contributed by atoms with E-state index in [1.807, 2.05) is 6.07 Å². The van der Waals surface area contributed by atoms with Crippen molar-refractivity contribution in [3.8, 4) is 0 Å². The number of hydrogen-bond donors (Lipinski definition) is 0. The molecule has 0 spiro atoms. The Bertz CT molecular complexity index is 490. The van der Waals surface area contributed by atoms with Gasteiger partial charge in [-0.15, -0.1) is 0 Å². The van der Waals surface area contributed by atoms with Gasteiger partial charge in [0.2, 0.25) is 0 Å². The molecule has 0 radical (unpaired) electrons. The third-order valence-electron chi connectivity index (χ3n) is 3.85. The van der Waals surface area contributed by atoms with Crippen molar-refractivity contribution in [3.05, 3.63) is 59.9 Å². The third kappa shape index (κ3) is 3.18. The molecule has 3 rings (SSSR count). The molecule has 0 aliphatic carbocycles. The maximum absolute atomic E-state index is 4.24. The monoisotopic (exact) mass is 253 g/mol. The van der Waals surface area contributed by atoms with Gasteiger partial charge in [0, 0.05) is 18.7 Å². The van der Waals surface area contributed by atoms with E-state index in [1.54, 1.807) is 6.20 Å². The zero-order chi connectivity index (χ0) is 12.9. The van der Waals surface area contributed by atoms with Crippen molar-refractivity contribution in [1.82, 2.24) is 15.1 Å². The van der Waals surface area contributed by atoms with Gasteiger partial charge in [-0.2, -0.15) is 10.2 Å². The van der Waals surface area contributed by atoms with Crippen LogP contribution in [0.1, 0.15) is 30.0 Å². The highest BCUT2D eigenvalue weighted by Gasteiger charge is 2.21. The Morgan fingerprint density at radius 1 is 1.00 bits per heavy atom. The summed E-state index contributed by atoms with van der Waals surface area (Å²) in [5.41, 5.74) is 2.56. The molecule has 1 aromatic heterocycles. The fourth-order valence-electron chi connectivity index (χ4n) is 2.76. The Morgan fingerprint density at radius 2 is 1.79 bits per heavy atom. The van der Waals surface area contributed by atoms with Gasteiger partial charge in [0.15, 0.2) is 0 Å². The van der Waals surface area contributed by atoms with E-state index in [2.05, 4.69) is 51.5 Å². The summed E-state index contributed by atoms with van der Waals surface area (Å²) in [5.74, 6) is 0.584. The molecule has 1 saturated heterocycles. The molecule has 0 atom stereocenters. The van der Waals surface area contributed by atoms with Gasteiger partial charge in [0.05, 0.1) is 5.69 Å². The van der Waals surface area contributed by atoms with Crippen LogP contribution in [0.2, 0.25) is 0 Å². The molecule has 0 N–H and O–H groups in total. The summed E-state index contributed by atoms with van der Waals surface area (Å²) in [6.45, 7) is 3.36. The van der Waals surface area contributed by atoms with Crippen LogP contribution in [0.15, 0.2) is 48.7 Å². The van der Waals surface area contributed by atoms with Crippen LogP contribution in [0.3, 0.4) is 0 Å². The van der Waals surface area contributed by atoms with Crippen molar-refractivity contribution in [1.29, 1.82) is 0 Å². The predicted molar refractivity (Wildman–Crippen MR) is 75.7 cm³/mol. The van der Waals surface area contributed by atoms with Crippen LogP contribution in [0.4, 0.5) is 0 Å². The van der Waals surface area contributed by atoms with Gasteiger partial charge in [-0.05, 0) is 43.6 Å². The van der Waals surface area contributed by atoms with Crippen molar-refractivity contribution in [2.45, 2.75) is 25.3 Å².